The Morgan fingerprint density at radius 3 is 2.45 bits per heavy atom. The van der Waals surface area contributed by atoms with Crippen LogP contribution in [0.2, 0.25) is 0 Å². The van der Waals surface area contributed by atoms with Gasteiger partial charge in [0.15, 0.2) is 0 Å². The van der Waals surface area contributed by atoms with Crippen LogP contribution in [0.1, 0.15) is 33.9 Å². The largest absolute Gasteiger partial charge is 0.497 e. The minimum absolute atomic E-state index is 0.00316. The Labute approximate surface area is 187 Å². The van der Waals surface area contributed by atoms with E-state index in [1.54, 1.807) is 24.5 Å². The average Bonchev–Trinajstić information content (AvgIpc) is 3.23. The second-order valence-corrected chi connectivity index (χ2v) is 9.32. The van der Waals surface area contributed by atoms with E-state index in [0.29, 0.717) is 37.5 Å². The van der Waals surface area contributed by atoms with Gasteiger partial charge in [0, 0.05) is 49.6 Å². The fourth-order valence-corrected chi connectivity index (χ4v) is 4.98. The number of aryl methyl sites for hydroxylation is 1. The first-order chi connectivity index (χ1) is 15.0. The van der Waals surface area contributed by atoms with Crippen LogP contribution in [0.4, 0.5) is 0 Å². The molecule has 2 aromatic rings. The van der Waals surface area contributed by atoms with Crippen molar-refractivity contribution in [2.24, 2.45) is 5.92 Å². The number of carbonyl (C=O) groups excluding carboxylic acids is 2. The number of piperidine rings is 1. The second kappa shape index (κ2) is 9.78. The molecule has 2 amide bonds. The summed E-state index contributed by atoms with van der Waals surface area (Å²) in [4.78, 5) is 36.5. The van der Waals surface area contributed by atoms with Crippen molar-refractivity contribution in [2.75, 3.05) is 46.4 Å². The summed E-state index contributed by atoms with van der Waals surface area (Å²) in [6, 6.07) is 7.23. The number of aromatic nitrogens is 1. The van der Waals surface area contributed by atoms with E-state index in [2.05, 4.69) is 15.3 Å². The maximum absolute atomic E-state index is 13.0. The molecular formula is C23H30N4O3S. The number of rotatable bonds is 5. The Kier molecular flexibility index (Phi) is 6.87. The SMILES string of the molecule is COc1cccc(C(=O)N2CCN(C(=O)C3CCN(Cc4csc(C)n4)CC3)CC2)c1. The molecule has 2 fully saturated rings. The molecule has 3 heterocycles. The molecule has 2 aliphatic rings. The number of carbonyl (C=O) groups is 2. The predicted molar refractivity (Wildman–Crippen MR) is 120 cm³/mol. The molecule has 1 aromatic carbocycles. The molecule has 0 N–H and O–H groups in total. The lowest BCUT2D eigenvalue weighted by molar-refractivity contribution is -0.138. The van der Waals surface area contributed by atoms with Crippen molar-refractivity contribution in [3.63, 3.8) is 0 Å². The fourth-order valence-electron chi connectivity index (χ4n) is 4.37. The Morgan fingerprint density at radius 2 is 1.81 bits per heavy atom. The topological polar surface area (TPSA) is 66.0 Å². The third-order valence-corrected chi connectivity index (χ3v) is 7.01. The predicted octanol–water partition coefficient (Wildman–Crippen LogP) is 2.66. The molecule has 0 bridgehead atoms. The highest BCUT2D eigenvalue weighted by Crippen LogP contribution is 2.23. The van der Waals surface area contributed by atoms with Crippen LogP contribution in [-0.4, -0.2) is 77.9 Å². The van der Waals surface area contributed by atoms with E-state index in [-0.39, 0.29) is 17.7 Å². The zero-order valence-corrected chi connectivity index (χ0v) is 19.1. The Hall–Kier alpha value is -2.45. The van der Waals surface area contributed by atoms with Gasteiger partial charge in [-0.2, -0.15) is 0 Å². The molecule has 0 radical (unpaired) electrons. The molecule has 4 rings (SSSR count). The molecule has 0 saturated carbocycles. The zero-order chi connectivity index (χ0) is 21.8. The quantitative estimate of drug-likeness (QED) is 0.712. The van der Waals surface area contributed by atoms with E-state index in [9.17, 15) is 9.59 Å². The van der Waals surface area contributed by atoms with Gasteiger partial charge in [-0.1, -0.05) is 6.07 Å². The minimum atomic E-state index is -0.00316. The summed E-state index contributed by atoms with van der Waals surface area (Å²) in [5.41, 5.74) is 1.76. The van der Waals surface area contributed by atoms with Crippen molar-refractivity contribution < 1.29 is 14.3 Å². The van der Waals surface area contributed by atoms with Crippen molar-refractivity contribution in [1.82, 2.24) is 19.7 Å². The summed E-state index contributed by atoms with van der Waals surface area (Å²) in [5.74, 6) is 1.01. The van der Waals surface area contributed by atoms with Gasteiger partial charge in [-0.15, -0.1) is 11.3 Å². The molecule has 0 unspecified atom stereocenters. The molecule has 0 aliphatic carbocycles. The van der Waals surface area contributed by atoms with Crippen LogP contribution in [0.25, 0.3) is 0 Å². The summed E-state index contributed by atoms with van der Waals surface area (Å²) in [6.45, 7) is 7.12. The highest BCUT2D eigenvalue weighted by atomic mass is 32.1. The Bertz CT molecular complexity index is 915. The van der Waals surface area contributed by atoms with Gasteiger partial charge < -0.3 is 14.5 Å². The lowest BCUT2D eigenvalue weighted by Crippen LogP contribution is -2.52. The number of thiazole rings is 1. The summed E-state index contributed by atoms with van der Waals surface area (Å²) in [7, 11) is 1.60. The van der Waals surface area contributed by atoms with Crippen LogP contribution in [0.5, 0.6) is 5.75 Å². The first-order valence-corrected chi connectivity index (χ1v) is 11.8. The molecule has 8 heteroatoms. The molecule has 2 aliphatic heterocycles. The highest BCUT2D eigenvalue weighted by Gasteiger charge is 2.31. The van der Waals surface area contributed by atoms with Crippen molar-refractivity contribution >= 4 is 23.2 Å². The molecule has 7 nitrogen and oxygen atoms in total. The van der Waals surface area contributed by atoms with Gasteiger partial charge in [-0.25, -0.2) is 4.98 Å². The smallest absolute Gasteiger partial charge is 0.254 e. The Balaban J connectivity index is 1.24. The van der Waals surface area contributed by atoms with Crippen molar-refractivity contribution in [3.8, 4) is 5.75 Å². The summed E-state index contributed by atoms with van der Waals surface area (Å²) in [5, 5.41) is 3.22. The molecular weight excluding hydrogens is 412 g/mol. The lowest BCUT2D eigenvalue weighted by atomic mass is 9.95. The molecule has 1 aromatic heterocycles. The number of nitrogens with zero attached hydrogens (tertiary/aromatic N) is 4. The van der Waals surface area contributed by atoms with Crippen LogP contribution in [0, 0.1) is 12.8 Å². The van der Waals surface area contributed by atoms with Gasteiger partial charge in [-0.05, 0) is 51.1 Å². The van der Waals surface area contributed by atoms with E-state index in [0.717, 1.165) is 43.2 Å². The number of hydrogen-bond donors (Lipinski definition) is 0. The zero-order valence-electron chi connectivity index (χ0n) is 18.2. The van der Waals surface area contributed by atoms with Crippen LogP contribution in [0.15, 0.2) is 29.6 Å². The monoisotopic (exact) mass is 442 g/mol. The van der Waals surface area contributed by atoms with Gasteiger partial charge >= 0.3 is 0 Å². The van der Waals surface area contributed by atoms with Crippen LogP contribution < -0.4 is 4.74 Å². The van der Waals surface area contributed by atoms with Crippen molar-refractivity contribution in [1.29, 1.82) is 0 Å². The van der Waals surface area contributed by atoms with Crippen molar-refractivity contribution in [2.45, 2.75) is 26.3 Å². The van der Waals surface area contributed by atoms with Gasteiger partial charge in [0.05, 0.1) is 17.8 Å². The number of amides is 2. The van der Waals surface area contributed by atoms with E-state index in [1.165, 1.54) is 0 Å². The molecule has 2 saturated heterocycles. The van der Waals surface area contributed by atoms with E-state index in [4.69, 9.17) is 4.74 Å². The normalized spacial score (nSPS) is 18.3. The number of methoxy groups -OCH3 is 1. The number of likely N-dealkylation sites (tertiary alicyclic amines) is 1. The van der Waals surface area contributed by atoms with E-state index < -0.39 is 0 Å². The van der Waals surface area contributed by atoms with Crippen molar-refractivity contribution in [3.05, 3.63) is 45.9 Å². The van der Waals surface area contributed by atoms with Crippen LogP contribution in [-0.2, 0) is 11.3 Å². The second-order valence-electron chi connectivity index (χ2n) is 8.26. The molecule has 0 spiro atoms. The number of benzene rings is 1. The van der Waals surface area contributed by atoms with E-state index >= 15 is 0 Å². The van der Waals surface area contributed by atoms with E-state index in [1.807, 2.05) is 34.9 Å². The van der Waals surface area contributed by atoms with Crippen LogP contribution >= 0.6 is 11.3 Å². The third-order valence-electron chi connectivity index (χ3n) is 6.18. The standard InChI is InChI=1S/C23H30N4O3S/c1-17-24-20(16-31-17)15-25-8-6-18(7-9-25)22(28)26-10-12-27(13-11-26)23(29)19-4-3-5-21(14-19)30-2/h3-5,14,16,18H,6-13,15H2,1-2H3. The molecule has 166 valence electrons. The summed E-state index contributed by atoms with van der Waals surface area (Å²) >= 11 is 1.69. The number of piperazine rings is 1. The number of ether oxygens (including phenoxy) is 1. The van der Waals surface area contributed by atoms with Gasteiger partial charge in [0.25, 0.3) is 5.91 Å². The van der Waals surface area contributed by atoms with Gasteiger partial charge in [-0.3, -0.25) is 14.5 Å². The maximum Gasteiger partial charge on any atom is 0.254 e. The number of hydrogen-bond acceptors (Lipinski definition) is 6. The maximum atomic E-state index is 13.0. The first kappa shape index (κ1) is 21.8. The lowest BCUT2D eigenvalue weighted by Gasteiger charge is -2.38. The summed E-state index contributed by atoms with van der Waals surface area (Å²) in [6.07, 6.45) is 1.79. The fraction of sp³-hybridized carbons (Fsp3) is 0.522. The average molecular weight is 443 g/mol. The van der Waals surface area contributed by atoms with Crippen LogP contribution in [0.3, 0.4) is 0 Å². The Morgan fingerprint density at radius 1 is 1.10 bits per heavy atom. The van der Waals surface area contributed by atoms with Gasteiger partial charge in [0.2, 0.25) is 5.91 Å². The molecule has 31 heavy (non-hydrogen) atoms. The highest BCUT2D eigenvalue weighted by molar-refractivity contribution is 7.09. The first-order valence-electron chi connectivity index (χ1n) is 10.9. The van der Waals surface area contributed by atoms with Gasteiger partial charge in [0.1, 0.15) is 5.75 Å². The minimum Gasteiger partial charge on any atom is -0.497 e. The third kappa shape index (κ3) is 5.25. The molecule has 0 atom stereocenters. The summed E-state index contributed by atoms with van der Waals surface area (Å²) < 4.78 is 5.22.